The minimum absolute atomic E-state index is 0.0888. The zero-order valence-electron chi connectivity index (χ0n) is 5.46. The van der Waals surface area contributed by atoms with Gasteiger partial charge in [-0.05, 0) is 0 Å². The number of nitrogens with zero attached hydrogens (tertiary/aromatic N) is 1. The van der Waals surface area contributed by atoms with Gasteiger partial charge < -0.3 is 4.90 Å². The fraction of sp³-hybridized carbons (Fsp3) is 0.500. The number of rotatable bonds is 0. The summed E-state index contributed by atoms with van der Waals surface area (Å²) in [4.78, 5) is 13.0. The standard InChI is InChI=1S/C6H5Br2NOS/c7-6(8)4(10)9-2-1-3-11-5(6)9/h1-2,5H,3H2/t5-/m0/s1. The molecule has 11 heavy (non-hydrogen) atoms. The van der Waals surface area contributed by atoms with Gasteiger partial charge in [0, 0.05) is 12.0 Å². The van der Waals surface area contributed by atoms with Gasteiger partial charge in [-0.3, -0.25) is 4.79 Å². The third-order valence-electron chi connectivity index (χ3n) is 1.70. The van der Waals surface area contributed by atoms with E-state index in [-0.39, 0.29) is 11.3 Å². The second-order valence-electron chi connectivity index (χ2n) is 2.41. The molecule has 2 aliphatic rings. The Hall–Kier alpha value is 0.520. The molecule has 0 aromatic heterocycles. The van der Waals surface area contributed by atoms with Crippen molar-refractivity contribution in [3.05, 3.63) is 12.3 Å². The molecule has 0 bridgehead atoms. The van der Waals surface area contributed by atoms with Crippen molar-refractivity contribution in [2.45, 2.75) is 8.61 Å². The molecule has 0 aliphatic carbocycles. The second kappa shape index (κ2) is 2.50. The van der Waals surface area contributed by atoms with Crippen LogP contribution in [0.2, 0.25) is 0 Å². The summed E-state index contributed by atoms with van der Waals surface area (Å²) in [6.07, 6.45) is 3.85. The molecule has 0 radical (unpaired) electrons. The normalized spacial score (nSPS) is 33.1. The lowest BCUT2D eigenvalue weighted by Gasteiger charge is -2.49. The zero-order valence-corrected chi connectivity index (χ0v) is 9.45. The van der Waals surface area contributed by atoms with Gasteiger partial charge in [0.25, 0.3) is 5.91 Å². The summed E-state index contributed by atoms with van der Waals surface area (Å²) in [5.41, 5.74) is 0. The first-order valence-corrected chi connectivity index (χ1v) is 5.76. The van der Waals surface area contributed by atoms with Gasteiger partial charge >= 0.3 is 0 Å². The third kappa shape index (κ3) is 1.01. The number of thioether (sulfide) groups is 1. The second-order valence-corrected chi connectivity index (χ2v) is 7.08. The molecule has 0 aromatic carbocycles. The van der Waals surface area contributed by atoms with E-state index >= 15 is 0 Å². The van der Waals surface area contributed by atoms with E-state index in [0.29, 0.717) is 0 Å². The van der Waals surface area contributed by atoms with Gasteiger partial charge in [-0.25, -0.2) is 0 Å². The van der Waals surface area contributed by atoms with Crippen LogP contribution in [0.25, 0.3) is 0 Å². The van der Waals surface area contributed by atoms with Crippen molar-refractivity contribution >= 4 is 49.5 Å². The van der Waals surface area contributed by atoms with Gasteiger partial charge in [-0.2, -0.15) is 0 Å². The molecule has 1 amide bonds. The summed E-state index contributed by atoms with van der Waals surface area (Å²) in [5, 5.41) is 0.222. The van der Waals surface area contributed by atoms with E-state index < -0.39 is 3.23 Å². The van der Waals surface area contributed by atoms with Crippen molar-refractivity contribution in [2.24, 2.45) is 0 Å². The van der Waals surface area contributed by atoms with Crippen molar-refractivity contribution < 1.29 is 4.79 Å². The minimum atomic E-state index is -0.505. The highest BCUT2D eigenvalue weighted by atomic mass is 79.9. The molecular formula is C6H5Br2NOS. The van der Waals surface area contributed by atoms with Crippen molar-refractivity contribution in [1.82, 2.24) is 4.90 Å². The summed E-state index contributed by atoms with van der Waals surface area (Å²) < 4.78 is -0.505. The molecule has 0 unspecified atom stereocenters. The Morgan fingerprint density at radius 2 is 2.45 bits per heavy atom. The minimum Gasteiger partial charge on any atom is -0.302 e. The number of hydrogen-bond acceptors (Lipinski definition) is 2. The first-order valence-electron chi connectivity index (χ1n) is 3.13. The van der Waals surface area contributed by atoms with Gasteiger partial charge in [0.2, 0.25) is 0 Å². The summed E-state index contributed by atoms with van der Waals surface area (Å²) in [7, 11) is 0. The lowest BCUT2D eigenvalue weighted by atomic mass is 10.2. The molecule has 2 nitrogen and oxygen atoms in total. The van der Waals surface area contributed by atoms with Gasteiger partial charge in [-0.1, -0.05) is 37.9 Å². The van der Waals surface area contributed by atoms with Gasteiger partial charge in [0.1, 0.15) is 5.37 Å². The van der Waals surface area contributed by atoms with Crippen LogP contribution in [-0.4, -0.2) is 25.2 Å². The van der Waals surface area contributed by atoms with Gasteiger partial charge in [0.15, 0.2) is 3.23 Å². The molecule has 1 saturated heterocycles. The predicted octanol–water partition coefficient (Wildman–Crippen LogP) is 1.90. The maximum Gasteiger partial charge on any atom is 0.258 e. The molecule has 2 aliphatic heterocycles. The number of carbonyl (C=O) groups is 1. The first-order chi connectivity index (χ1) is 5.14. The molecule has 0 saturated carbocycles. The van der Waals surface area contributed by atoms with Crippen LogP contribution in [0.15, 0.2) is 12.3 Å². The largest absolute Gasteiger partial charge is 0.302 e. The quantitative estimate of drug-likeness (QED) is 0.503. The Morgan fingerprint density at radius 1 is 1.73 bits per heavy atom. The van der Waals surface area contributed by atoms with Crippen molar-refractivity contribution in [2.75, 3.05) is 5.75 Å². The lowest BCUT2D eigenvalue weighted by Crippen LogP contribution is -2.64. The molecular weight excluding hydrogens is 294 g/mol. The zero-order chi connectivity index (χ0) is 8.06. The van der Waals surface area contributed by atoms with Crippen LogP contribution in [0.5, 0.6) is 0 Å². The van der Waals surface area contributed by atoms with Crippen LogP contribution in [0.3, 0.4) is 0 Å². The van der Waals surface area contributed by atoms with Crippen LogP contribution in [0, 0.1) is 0 Å². The number of fused-ring (bicyclic) bond motifs is 1. The van der Waals surface area contributed by atoms with Gasteiger partial charge in [0.05, 0.1) is 0 Å². The highest BCUT2D eigenvalue weighted by molar-refractivity contribution is 9.26. The highest BCUT2D eigenvalue weighted by Gasteiger charge is 2.58. The summed E-state index contributed by atoms with van der Waals surface area (Å²) >= 11 is 8.43. The van der Waals surface area contributed by atoms with Crippen LogP contribution in [-0.2, 0) is 4.79 Å². The fourth-order valence-electron chi connectivity index (χ4n) is 1.13. The lowest BCUT2D eigenvalue weighted by molar-refractivity contribution is -0.137. The number of hydrogen-bond donors (Lipinski definition) is 0. The van der Waals surface area contributed by atoms with Gasteiger partial charge in [-0.15, -0.1) is 11.8 Å². The number of halogens is 2. The van der Waals surface area contributed by atoms with Crippen molar-refractivity contribution in [3.63, 3.8) is 0 Å². The SMILES string of the molecule is O=C1N2C=CCS[C@H]2C1(Br)Br. The van der Waals surface area contributed by atoms with E-state index in [1.807, 2.05) is 12.3 Å². The molecule has 2 heterocycles. The van der Waals surface area contributed by atoms with Crippen molar-refractivity contribution in [1.29, 1.82) is 0 Å². The molecule has 5 heteroatoms. The molecule has 60 valence electrons. The molecule has 0 N–H and O–H groups in total. The maximum absolute atomic E-state index is 11.3. The highest BCUT2D eigenvalue weighted by Crippen LogP contribution is 2.50. The van der Waals surface area contributed by atoms with E-state index in [9.17, 15) is 4.79 Å². The Bertz CT molecular complexity index is 241. The number of β-lactam (4-membered cyclic amide) rings is 1. The Labute approximate surface area is 85.6 Å². The molecule has 1 fully saturated rings. The number of amides is 1. The van der Waals surface area contributed by atoms with E-state index in [1.54, 1.807) is 16.7 Å². The Balaban J connectivity index is 2.26. The molecule has 2 rings (SSSR count). The average Bonchev–Trinajstić information content (AvgIpc) is 2.04. The summed E-state index contributed by atoms with van der Waals surface area (Å²) in [5.74, 6) is 1.07. The summed E-state index contributed by atoms with van der Waals surface area (Å²) in [6.45, 7) is 0. The van der Waals surface area contributed by atoms with Crippen LogP contribution >= 0.6 is 43.6 Å². The average molecular weight is 299 g/mol. The van der Waals surface area contributed by atoms with Crippen molar-refractivity contribution in [3.8, 4) is 0 Å². The summed E-state index contributed by atoms with van der Waals surface area (Å²) in [6, 6.07) is 0. The molecule has 0 spiro atoms. The molecule has 0 aromatic rings. The topological polar surface area (TPSA) is 20.3 Å². The first kappa shape index (κ1) is 8.13. The number of carbonyl (C=O) groups excluding carboxylic acids is 1. The van der Waals surface area contributed by atoms with E-state index in [0.717, 1.165) is 5.75 Å². The van der Waals surface area contributed by atoms with E-state index in [2.05, 4.69) is 31.9 Å². The van der Waals surface area contributed by atoms with Crippen LogP contribution < -0.4 is 0 Å². The van der Waals surface area contributed by atoms with Crippen LogP contribution in [0.4, 0.5) is 0 Å². The predicted molar refractivity (Wildman–Crippen MR) is 52.8 cm³/mol. The maximum atomic E-state index is 11.3. The monoisotopic (exact) mass is 297 g/mol. The Kier molecular flexibility index (Phi) is 1.85. The smallest absolute Gasteiger partial charge is 0.258 e. The Morgan fingerprint density at radius 3 is 3.09 bits per heavy atom. The third-order valence-corrected chi connectivity index (χ3v) is 5.13. The van der Waals surface area contributed by atoms with E-state index in [4.69, 9.17) is 0 Å². The molecule has 1 atom stereocenters. The van der Waals surface area contributed by atoms with Crippen LogP contribution in [0.1, 0.15) is 0 Å². The number of alkyl halides is 2. The van der Waals surface area contributed by atoms with E-state index in [1.165, 1.54) is 0 Å². The fourth-order valence-corrected chi connectivity index (χ4v) is 3.79.